The van der Waals surface area contributed by atoms with Crippen LogP contribution in [0.1, 0.15) is 17.3 Å². The zero-order chi connectivity index (χ0) is 18.4. The van der Waals surface area contributed by atoms with Crippen molar-refractivity contribution in [3.8, 4) is 5.75 Å². The van der Waals surface area contributed by atoms with Crippen molar-refractivity contribution in [1.82, 2.24) is 0 Å². The van der Waals surface area contributed by atoms with Crippen molar-refractivity contribution in [2.75, 3.05) is 5.32 Å². The Hall–Kier alpha value is -2.48. The van der Waals surface area contributed by atoms with Gasteiger partial charge in [-0.3, -0.25) is 4.79 Å². The van der Waals surface area contributed by atoms with Gasteiger partial charge < -0.3 is 14.8 Å². The average Bonchev–Trinajstić information content (AvgIpc) is 2.56. The molecule has 5 nitrogen and oxygen atoms in total. The standard InChI is InChI=1S/C17H14BrF2NO4/c1-10(24-16(23)11-6-8-12(18)9-7-11)15(22)21-13-4-2-3-5-14(13)25-17(19)20/h2-10,17H,1H3,(H,21,22). The van der Waals surface area contributed by atoms with Crippen LogP contribution in [0.5, 0.6) is 5.75 Å². The predicted octanol–water partition coefficient (Wildman–Crippen LogP) is 4.23. The number of nitrogens with one attached hydrogen (secondary N) is 1. The first-order valence-electron chi connectivity index (χ1n) is 7.18. The Bertz CT molecular complexity index is 753. The predicted molar refractivity (Wildman–Crippen MR) is 90.7 cm³/mol. The molecular formula is C17H14BrF2NO4. The molecule has 0 aromatic heterocycles. The van der Waals surface area contributed by atoms with Crippen LogP contribution < -0.4 is 10.1 Å². The molecule has 1 N–H and O–H groups in total. The molecule has 0 radical (unpaired) electrons. The van der Waals surface area contributed by atoms with Crippen molar-refractivity contribution >= 4 is 33.5 Å². The third kappa shape index (κ3) is 5.53. The van der Waals surface area contributed by atoms with E-state index in [-0.39, 0.29) is 17.0 Å². The Morgan fingerprint density at radius 3 is 2.36 bits per heavy atom. The highest BCUT2D eigenvalue weighted by molar-refractivity contribution is 9.10. The summed E-state index contributed by atoms with van der Waals surface area (Å²) in [6.07, 6.45) is -1.13. The lowest BCUT2D eigenvalue weighted by Gasteiger charge is -2.15. The number of rotatable bonds is 6. The number of ether oxygens (including phenoxy) is 2. The molecule has 1 unspecified atom stereocenters. The van der Waals surface area contributed by atoms with E-state index in [1.807, 2.05) is 0 Å². The summed E-state index contributed by atoms with van der Waals surface area (Å²) >= 11 is 3.25. The number of carbonyl (C=O) groups is 2. The molecule has 0 fully saturated rings. The number of amides is 1. The van der Waals surface area contributed by atoms with Gasteiger partial charge in [-0.25, -0.2) is 4.79 Å². The van der Waals surface area contributed by atoms with E-state index >= 15 is 0 Å². The Labute approximate surface area is 151 Å². The van der Waals surface area contributed by atoms with Gasteiger partial charge in [0.05, 0.1) is 11.3 Å². The summed E-state index contributed by atoms with van der Waals surface area (Å²) in [4.78, 5) is 24.1. The normalized spacial score (nSPS) is 11.7. The van der Waals surface area contributed by atoms with Crippen molar-refractivity contribution in [1.29, 1.82) is 0 Å². The number of alkyl halides is 2. The maximum atomic E-state index is 12.4. The minimum absolute atomic E-state index is 0.0549. The molecule has 0 heterocycles. The fraction of sp³-hybridized carbons (Fsp3) is 0.176. The third-order valence-corrected chi connectivity index (χ3v) is 3.62. The van der Waals surface area contributed by atoms with Gasteiger partial charge in [0, 0.05) is 4.47 Å². The third-order valence-electron chi connectivity index (χ3n) is 3.09. The van der Waals surface area contributed by atoms with Gasteiger partial charge in [-0.2, -0.15) is 8.78 Å². The van der Waals surface area contributed by atoms with Crippen LogP contribution in [0, 0.1) is 0 Å². The maximum Gasteiger partial charge on any atom is 0.387 e. The van der Waals surface area contributed by atoms with E-state index in [9.17, 15) is 18.4 Å². The van der Waals surface area contributed by atoms with Crippen LogP contribution in [0.25, 0.3) is 0 Å². The van der Waals surface area contributed by atoms with Crippen molar-refractivity contribution in [2.24, 2.45) is 0 Å². The van der Waals surface area contributed by atoms with Crippen LogP contribution >= 0.6 is 15.9 Å². The second kappa shape index (κ2) is 8.57. The molecule has 0 saturated carbocycles. The smallest absolute Gasteiger partial charge is 0.387 e. The second-order valence-corrected chi connectivity index (χ2v) is 5.83. The number of anilines is 1. The zero-order valence-electron chi connectivity index (χ0n) is 13.0. The monoisotopic (exact) mass is 413 g/mol. The zero-order valence-corrected chi connectivity index (χ0v) is 14.6. The van der Waals surface area contributed by atoms with Crippen LogP contribution in [0.2, 0.25) is 0 Å². The molecule has 8 heteroatoms. The number of carbonyl (C=O) groups excluding carboxylic acids is 2. The first kappa shape index (κ1) is 18.9. The summed E-state index contributed by atoms with van der Waals surface area (Å²) in [5.41, 5.74) is 0.337. The summed E-state index contributed by atoms with van der Waals surface area (Å²) in [5.74, 6) is -1.53. The largest absolute Gasteiger partial charge is 0.449 e. The minimum Gasteiger partial charge on any atom is -0.449 e. The number of hydrogen-bond donors (Lipinski definition) is 1. The van der Waals surface area contributed by atoms with Crippen LogP contribution in [-0.4, -0.2) is 24.6 Å². The number of hydrogen-bond acceptors (Lipinski definition) is 4. The van der Waals surface area contributed by atoms with Crippen LogP contribution in [0.3, 0.4) is 0 Å². The van der Waals surface area contributed by atoms with E-state index in [2.05, 4.69) is 26.0 Å². The number of esters is 1. The van der Waals surface area contributed by atoms with Gasteiger partial charge in [-0.1, -0.05) is 28.1 Å². The first-order chi connectivity index (χ1) is 11.9. The molecule has 132 valence electrons. The molecule has 2 aromatic rings. The quantitative estimate of drug-likeness (QED) is 0.719. The molecule has 25 heavy (non-hydrogen) atoms. The second-order valence-electron chi connectivity index (χ2n) is 4.92. The molecule has 0 aliphatic rings. The van der Waals surface area contributed by atoms with E-state index in [1.54, 1.807) is 30.3 Å². The average molecular weight is 414 g/mol. The van der Waals surface area contributed by atoms with Crippen molar-refractivity contribution in [2.45, 2.75) is 19.6 Å². The topological polar surface area (TPSA) is 64.6 Å². The first-order valence-corrected chi connectivity index (χ1v) is 7.97. The van der Waals surface area contributed by atoms with E-state index in [0.717, 1.165) is 4.47 Å². The lowest BCUT2D eigenvalue weighted by molar-refractivity contribution is -0.123. The summed E-state index contributed by atoms with van der Waals surface area (Å²) in [5, 5.41) is 2.40. The molecule has 0 aliphatic carbocycles. The summed E-state index contributed by atoms with van der Waals surface area (Å²) < 4.78 is 35.0. The van der Waals surface area contributed by atoms with Crippen molar-refractivity contribution in [3.05, 3.63) is 58.6 Å². The van der Waals surface area contributed by atoms with Gasteiger partial charge in [0.15, 0.2) is 6.10 Å². The molecule has 0 spiro atoms. The van der Waals surface area contributed by atoms with E-state index in [4.69, 9.17) is 4.74 Å². The van der Waals surface area contributed by atoms with Gasteiger partial charge in [0.2, 0.25) is 0 Å². The molecular weight excluding hydrogens is 400 g/mol. The van der Waals surface area contributed by atoms with Crippen molar-refractivity contribution in [3.63, 3.8) is 0 Å². The lowest BCUT2D eigenvalue weighted by atomic mass is 10.2. The summed E-state index contributed by atoms with van der Waals surface area (Å²) in [6, 6.07) is 12.2. The summed E-state index contributed by atoms with van der Waals surface area (Å²) in [7, 11) is 0. The molecule has 0 aliphatic heterocycles. The van der Waals surface area contributed by atoms with Crippen LogP contribution in [0.4, 0.5) is 14.5 Å². The Morgan fingerprint density at radius 2 is 1.72 bits per heavy atom. The number of halogens is 3. The van der Waals surface area contributed by atoms with E-state index in [1.165, 1.54) is 25.1 Å². The van der Waals surface area contributed by atoms with E-state index < -0.39 is 24.6 Å². The van der Waals surface area contributed by atoms with Crippen LogP contribution in [0.15, 0.2) is 53.0 Å². The molecule has 0 bridgehead atoms. The fourth-order valence-corrected chi connectivity index (χ4v) is 2.14. The van der Waals surface area contributed by atoms with E-state index in [0.29, 0.717) is 0 Å². The Morgan fingerprint density at radius 1 is 1.08 bits per heavy atom. The molecule has 2 aromatic carbocycles. The molecule has 0 saturated heterocycles. The number of benzene rings is 2. The highest BCUT2D eigenvalue weighted by Crippen LogP contribution is 2.25. The Kier molecular flexibility index (Phi) is 6.46. The SMILES string of the molecule is CC(OC(=O)c1ccc(Br)cc1)C(=O)Nc1ccccc1OC(F)F. The summed E-state index contributed by atoms with van der Waals surface area (Å²) in [6.45, 7) is -1.64. The molecule has 1 atom stereocenters. The highest BCUT2D eigenvalue weighted by Gasteiger charge is 2.20. The number of para-hydroxylation sites is 2. The van der Waals surface area contributed by atoms with Gasteiger partial charge >= 0.3 is 12.6 Å². The lowest BCUT2D eigenvalue weighted by Crippen LogP contribution is -2.30. The van der Waals surface area contributed by atoms with Crippen LogP contribution in [-0.2, 0) is 9.53 Å². The van der Waals surface area contributed by atoms with Crippen molar-refractivity contribution < 1.29 is 27.8 Å². The molecule has 1 amide bonds. The minimum atomic E-state index is -3.02. The maximum absolute atomic E-state index is 12.4. The van der Waals surface area contributed by atoms with Gasteiger partial charge in [-0.15, -0.1) is 0 Å². The van der Waals surface area contributed by atoms with Gasteiger partial charge in [0.1, 0.15) is 5.75 Å². The fourth-order valence-electron chi connectivity index (χ4n) is 1.87. The van der Waals surface area contributed by atoms with Gasteiger partial charge in [-0.05, 0) is 43.3 Å². The Balaban J connectivity index is 2.01. The van der Waals surface area contributed by atoms with Gasteiger partial charge in [0.25, 0.3) is 5.91 Å². The highest BCUT2D eigenvalue weighted by atomic mass is 79.9. The molecule has 2 rings (SSSR count).